The van der Waals surface area contributed by atoms with E-state index in [9.17, 15) is 4.79 Å². The maximum absolute atomic E-state index is 12.7. The van der Waals surface area contributed by atoms with Gasteiger partial charge in [-0.1, -0.05) is 0 Å². The number of rotatable bonds is 2. The van der Waals surface area contributed by atoms with Crippen LogP contribution in [-0.2, 0) is 4.74 Å². The van der Waals surface area contributed by atoms with E-state index >= 15 is 0 Å². The van der Waals surface area contributed by atoms with Crippen molar-refractivity contribution in [1.82, 2.24) is 4.90 Å². The Morgan fingerprint density at radius 2 is 2.05 bits per heavy atom. The number of hydrogen-bond acceptors (Lipinski definition) is 3. The van der Waals surface area contributed by atoms with E-state index in [1.165, 1.54) is 0 Å². The fourth-order valence-corrected chi connectivity index (χ4v) is 2.63. The van der Waals surface area contributed by atoms with Gasteiger partial charge in [0.15, 0.2) is 0 Å². The number of morpholine rings is 1. The maximum atomic E-state index is 12.7. The molecule has 0 spiro atoms. The number of nitrogens with zero attached hydrogens (tertiary/aromatic N) is 1. The van der Waals surface area contributed by atoms with Crippen LogP contribution in [0.15, 0.2) is 4.42 Å². The van der Waals surface area contributed by atoms with Crippen molar-refractivity contribution in [2.24, 2.45) is 0 Å². The lowest BCUT2D eigenvalue weighted by molar-refractivity contribution is -0.0372. The predicted octanol–water partition coefficient (Wildman–Crippen LogP) is 2.67. The summed E-state index contributed by atoms with van der Waals surface area (Å²) in [5, 5.41) is 0. The number of aryl methyl sites for hydroxylation is 2. The largest absolute Gasteiger partial charge is 0.466 e. The van der Waals surface area contributed by atoms with E-state index in [4.69, 9.17) is 20.8 Å². The van der Waals surface area contributed by atoms with Crippen LogP contribution in [0.4, 0.5) is 0 Å². The lowest BCUT2D eigenvalue weighted by Crippen LogP contribution is -2.51. The van der Waals surface area contributed by atoms with Crippen LogP contribution in [0.25, 0.3) is 0 Å². The zero-order valence-corrected chi connectivity index (χ0v) is 12.6. The molecule has 1 aromatic heterocycles. The summed E-state index contributed by atoms with van der Waals surface area (Å²) in [6.45, 7) is 8.68. The number of hydrogen-bond donors (Lipinski definition) is 0. The highest BCUT2D eigenvalue weighted by atomic mass is 35.5. The Labute approximate surface area is 118 Å². The molecule has 4 nitrogen and oxygen atoms in total. The van der Waals surface area contributed by atoms with Crippen molar-refractivity contribution >= 4 is 17.5 Å². The molecule has 2 rings (SSSR count). The number of carbonyl (C=O) groups is 1. The van der Waals surface area contributed by atoms with Crippen LogP contribution in [0.2, 0.25) is 0 Å². The summed E-state index contributed by atoms with van der Waals surface area (Å²) in [5.74, 6) is 1.90. The molecule has 0 radical (unpaired) electrons. The highest BCUT2D eigenvalue weighted by Crippen LogP contribution is 2.24. The number of halogens is 1. The van der Waals surface area contributed by atoms with Crippen LogP contribution in [0.1, 0.15) is 34.4 Å². The Morgan fingerprint density at radius 1 is 1.37 bits per heavy atom. The van der Waals surface area contributed by atoms with Crippen LogP contribution < -0.4 is 0 Å². The molecule has 1 amide bonds. The average Bonchev–Trinajstić information content (AvgIpc) is 2.63. The molecule has 0 aliphatic carbocycles. The minimum Gasteiger partial charge on any atom is -0.466 e. The second-order valence-electron chi connectivity index (χ2n) is 5.13. The van der Waals surface area contributed by atoms with Crippen LogP contribution in [-0.4, -0.2) is 42.0 Å². The Hall–Kier alpha value is -1.00. The van der Waals surface area contributed by atoms with E-state index in [0.29, 0.717) is 30.4 Å². The molecule has 2 unspecified atom stereocenters. The average molecular weight is 286 g/mol. The Kier molecular flexibility index (Phi) is 4.21. The summed E-state index contributed by atoms with van der Waals surface area (Å²) in [5.41, 5.74) is 1.60. The molecule has 0 saturated carbocycles. The smallest absolute Gasteiger partial charge is 0.258 e. The van der Waals surface area contributed by atoms with E-state index in [-0.39, 0.29) is 18.1 Å². The Bertz CT molecular complexity index is 483. The fraction of sp³-hybridized carbons (Fsp3) is 0.643. The van der Waals surface area contributed by atoms with Gasteiger partial charge in [0.25, 0.3) is 5.91 Å². The van der Waals surface area contributed by atoms with Crippen molar-refractivity contribution in [3.8, 4) is 0 Å². The fourth-order valence-electron chi connectivity index (χ4n) is 2.45. The number of carbonyl (C=O) groups excluding carboxylic acids is 1. The molecule has 1 aliphatic heterocycles. The van der Waals surface area contributed by atoms with Gasteiger partial charge in [-0.2, -0.15) is 0 Å². The zero-order valence-electron chi connectivity index (χ0n) is 11.8. The van der Waals surface area contributed by atoms with Gasteiger partial charge in [0.05, 0.1) is 30.2 Å². The molecule has 1 fully saturated rings. The van der Waals surface area contributed by atoms with Gasteiger partial charge in [-0.05, 0) is 27.7 Å². The standard InChI is InChI=1S/C14H20ClNO3/c1-8-7-18-12(5-15)6-16(8)14(17)13-9(2)10(3)19-11(13)4/h8,12H,5-7H2,1-4H3. The van der Waals surface area contributed by atoms with Crippen molar-refractivity contribution in [1.29, 1.82) is 0 Å². The highest BCUT2D eigenvalue weighted by Gasteiger charge is 2.32. The summed E-state index contributed by atoms with van der Waals surface area (Å²) >= 11 is 5.83. The van der Waals surface area contributed by atoms with Gasteiger partial charge in [-0.15, -0.1) is 11.6 Å². The van der Waals surface area contributed by atoms with Gasteiger partial charge in [-0.3, -0.25) is 4.79 Å². The lowest BCUT2D eigenvalue weighted by atomic mass is 10.1. The van der Waals surface area contributed by atoms with Gasteiger partial charge in [0.1, 0.15) is 11.5 Å². The van der Waals surface area contributed by atoms with E-state index < -0.39 is 0 Å². The topological polar surface area (TPSA) is 42.7 Å². The predicted molar refractivity (Wildman–Crippen MR) is 73.9 cm³/mol. The molecule has 106 valence electrons. The van der Waals surface area contributed by atoms with Crippen molar-refractivity contribution in [2.45, 2.75) is 39.8 Å². The SMILES string of the molecule is Cc1oc(C)c(C(=O)N2CC(CCl)OCC2C)c1C. The third-order valence-electron chi connectivity index (χ3n) is 3.71. The number of amides is 1. The van der Waals surface area contributed by atoms with Crippen LogP contribution in [0.5, 0.6) is 0 Å². The summed E-state index contributed by atoms with van der Waals surface area (Å²) in [7, 11) is 0. The number of alkyl halides is 1. The summed E-state index contributed by atoms with van der Waals surface area (Å²) in [6.07, 6.45) is -0.0876. The third kappa shape index (κ3) is 2.65. The molecule has 2 heterocycles. The van der Waals surface area contributed by atoms with E-state index in [2.05, 4.69) is 0 Å². The quantitative estimate of drug-likeness (QED) is 0.785. The second-order valence-corrected chi connectivity index (χ2v) is 5.44. The maximum Gasteiger partial charge on any atom is 0.258 e. The molecule has 1 saturated heterocycles. The van der Waals surface area contributed by atoms with Crippen molar-refractivity contribution in [3.05, 3.63) is 22.6 Å². The first-order valence-electron chi connectivity index (χ1n) is 6.50. The third-order valence-corrected chi connectivity index (χ3v) is 4.06. The van der Waals surface area contributed by atoms with Crippen LogP contribution >= 0.6 is 11.6 Å². The van der Waals surface area contributed by atoms with Crippen molar-refractivity contribution in [3.63, 3.8) is 0 Å². The highest BCUT2D eigenvalue weighted by molar-refractivity contribution is 6.18. The lowest BCUT2D eigenvalue weighted by Gasteiger charge is -2.37. The minimum absolute atomic E-state index is 0.0118. The molecule has 0 aromatic carbocycles. The Morgan fingerprint density at radius 3 is 2.58 bits per heavy atom. The summed E-state index contributed by atoms with van der Waals surface area (Å²) in [4.78, 5) is 14.5. The van der Waals surface area contributed by atoms with E-state index in [1.54, 1.807) is 0 Å². The molecule has 0 bridgehead atoms. The van der Waals surface area contributed by atoms with Crippen LogP contribution in [0.3, 0.4) is 0 Å². The first kappa shape index (κ1) is 14.4. The van der Waals surface area contributed by atoms with Gasteiger partial charge in [-0.25, -0.2) is 0 Å². The minimum atomic E-state index is -0.0876. The molecule has 1 aliphatic rings. The number of ether oxygens (including phenoxy) is 1. The monoisotopic (exact) mass is 285 g/mol. The second kappa shape index (κ2) is 5.55. The van der Waals surface area contributed by atoms with E-state index in [1.807, 2.05) is 32.6 Å². The zero-order chi connectivity index (χ0) is 14.2. The molecular formula is C14H20ClNO3. The van der Waals surface area contributed by atoms with Gasteiger partial charge in [0, 0.05) is 12.1 Å². The van der Waals surface area contributed by atoms with Crippen molar-refractivity contribution < 1.29 is 13.9 Å². The summed E-state index contributed by atoms with van der Waals surface area (Å²) in [6, 6.07) is 0.0565. The van der Waals surface area contributed by atoms with E-state index in [0.717, 1.165) is 11.3 Å². The van der Waals surface area contributed by atoms with Gasteiger partial charge in [0.2, 0.25) is 0 Å². The first-order chi connectivity index (χ1) is 8.95. The molecule has 0 N–H and O–H groups in total. The molecule has 2 atom stereocenters. The normalized spacial score (nSPS) is 23.7. The van der Waals surface area contributed by atoms with Gasteiger partial charge < -0.3 is 14.1 Å². The Balaban J connectivity index is 2.27. The molecule has 1 aromatic rings. The number of furan rings is 1. The molecular weight excluding hydrogens is 266 g/mol. The van der Waals surface area contributed by atoms with Crippen LogP contribution in [0, 0.1) is 20.8 Å². The molecule has 5 heteroatoms. The first-order valence-corrected chi connectivity index (χ1v) is 7.04. The molecule has 19 heavy (non-hydrogen) atoms. The van der Waals surface area contributed by atoms with Gasteiger partial charge >= 0.3 is 0 Å². The summed E-state index contributed by atoms with van der Waals surface area (Å²) < 4.78 is 11.1. The van der Waals surface area contributed by atoms with Crippen molar-refractivity contribution in [2.75, 3.05) is 19.0 Å².